The zero-order valence-electron chi connectivity index (χ0n) is 10.3. The van der Waals surface area contributed by atoms with Crippen molar-refractivity contribution in [1.29, 1.82) is 0 Å². The first-order chi connectivity index (χ1) is 7.76. The molecule has 2 aliphatic heterocycles. The Morgan fingerprint density at radius 2 is 2.25 bits per heavy atom. The highest BCUT2D eigenvalue weighted by atomic mass is 16.2. The Morgan fingerprint density at radius 1 is 1.44 bits per heavy atom. The van der Waals surface area contributed by atoms with E-state index in [2.05, 4.69) is 22.5 Å². The maximum absolute atomic E-state index is 11.6. The largest absolute Gasteiger partial charge is 0.355 e. The van der Waals surface area contributed by atoms with E-state index in [1.54, 1.807) is 0 Å². The molecule has 16 heavy (non-hydrogen) atoms. The molecule has 2 N–H and O–H groups in total. The fraction of sp³-hybridized carbons (Fsp3) is 0.917. The van der Waals surface area contributed by atoms with Crippen molar-refractivity contribution in [2.45, 2.75) is 26.3 Å². The van der Waals surface area contributed by atoms with Gasteiger partial charge in [-0.25, -0.2) is 0 Å². The van der Waals surface area contributed by atoms with E-state index in [0.717, 1.165) is 44.4 Å². The number of fused-ring (bicyclic) bond motifs is 1. The van der Waals surface area contributed by atoms with Gasteiger partial charge in [-0.2, -0.15) is 0 Å². The second-order valence-corrected chi connectivity index (χ2v) is 4.94. The van der Waals surface area contributed by atoms with Crippen LogP contribution in [0.2, 0.25) is 0 Å². The Kier molecular flexibility index (Phi) is 3.82. The molecule has 3 atom stereocenters. The third-order valence-corrected chi connectivity index (χ3v) is 3.96. The molecule has 2 heterocycles. The molecule has 0 aliphatic carbocycles. The van der Waals surface area contributed by atoms with Gasteiger partial charge < -0.3 is 10.6 Å². The lowest BCUT2D eigenvalue weighted by atomic mass is 9.93. The molecule has 92 valence electrons. The molecule has 0 aromatic heterocycles. The van der Waals surface area contributed by atoms with E-state index in [9.17, 15) is 4.79 Å². The number of hydrogen-bond acceptors (Lipinski definition) is 3. The van der Waals surface area contributed by atoms with Gasteiger partial charge in [0.1, 0.15) is 0 Å². The summed E-state index contributed by atoms with van der Waals surface area (Å²) in [5.41, 5.74) is 0. The molecule has 1 amide bonds. The molecule has 2 aliphatic rings. The monoisotopic (exact) mass is 225 g/mol. The average molecular weight is 225 g/mol. The highest BCUT2D eigenvalue weighted by molar-refractivity contribution is 5.78. The Bertz CT molecular complexity index is 257. The van der Waals surface area contributed by atoms with Gasteiger partial charge in [-0.05, 0) is 38.3 Å². The number of carbonyl (C=O) groups is 1. The highest BCUT2D eigenvalue weighted by Crippen LogP contribution is 2.33. The third-order valence-electron chi connectivity index (χ3n) is 3.96. The van der Waals surface area contributed by atoms with Gasteiger partial charge in [-0.15, -0.1) is 0 Å². The van der Waals surface area contributed by atoms with Crippen molar-refractivity contribution in [3.05, 3.63) is 0 Å². The predicted molar refractivity (Wildman–Crippen MR) is 64.2 cm³/mol. The predicted octanol–water partition coefficient (Wildman–Crippen LogP) is 0.0523. The number of hydrogen-bond donors (Lipinski definition) is 2. The lowest BCUT2D eigenvalue weighted by Crippen LogP contribution is -2.42. The van der Waals surface area contributed by atoms with Gasteiger partial charge in [0.05, 0.1) is 6.54 Å². The van der Waals surface area contributed by atoms with Gasteiger partial charge in [0.15, 0.2) is 0 Å². The minimum absolute atomic E-state index is 0.175. The van der Waals surface area contributed by atoms with Gasteiger partial charge in [-0.1, -0.05) is 6.92 Å². The first-order valence-corrected chi connectivity index (χ1v) is 6.47. The van der Waals surface area contributed by atoms with E-state index in [1.165, 1.54) is 0 Å². The van der Waals surface area contributed by atoms with Gasteiger partial charge in [0.2, 0.25) is 5.91 Å². The SMILES string of the molecule is CCNC(=O)CN1CC2CNCC2C1CC. The summed E-state index contributed by atoms with van der Waals surface area (Å²) in [6.07, 6.45) is 1.16. The minimum Gasteiger partial charge on any atom is -0.355 e. The van der Waals surface area contributed by atoms with E-state index in [-0.39, 0.29) is 5.91 Å². The molecular formula is C12H23N3O. The number of amides is 1. The highest BCUT2D eigenvalue weighted by Gasteiger charge is 2.43. The molecule has 0 aromatic rings. The Morgan fingerprint density at radius 3 is 2.94 bits per heavy atom. The summed E-state index contributed by atoms with van der Waals surface area (Å²) in [7, 11) is 0. The van der Waals surface area contributed by atoms with Crippen LogP contribution in [0.4, 0.5) is 0 Å². The van der Waals surface area contributed by atoms with E-state index in [0.29, 0.717) is 12.6 Å². The number of carbonyl (C=O) groups excluding carboxylic acids is 1. The topological polar surface area (TPSA) is 44.4 Å². The molecule has 2 saturated heterocycles. The summed E-state index contributed by atoms with van der Waals surface area (Å²) in [6.45, 7) is 8.88. The van der Waals surface area contributed by atoms with Crippen molar-refractivity contribution in [2.24, 2.45) is 11.8 Å². The second kappa shape index (κ2) is 5.15. The standard InChI is InChI=1S/C12H23N3O/c1-3-11-10-6-13-5-9(10)7-15(11)8-12(16)14-4-2/h9-11,13H,3-8H2,1-2H3,(H,14,16). The van der Waals surface area contributed by atoms with Crippen LogP contribution < -0.4 is 10.6 Å². The smallest absolute Gasteiger partial charge is 0.234 e. The summed E-state index contributed by atoms with van der Waals surface area (Å²) >= 11 is 0. The number of nitrogens with zero attached hydrogens (tertiary/aromatic N) is 1. The van der Waals surface area contributed by atoms with E-state index >= 15 is 0 Å². The summed E-state index contributed by atoms with van der Waals surface area (Å²) in [5, 5.41) is 6.35. The molecule has 3 unspecified atom stereocenters. The normalized spacial score (nSPS) is 34.0. The van der Waals surface area contributed by atoms with Gasteiger partial charge in [0, 0.05) is 19.1 Å². The van der Waals surface area contributed by atoms with Gasteiger partial charge in [-0.3, -0.25) is 9.69 Å². The average Bonchev–Trinajstić information content (AvgIpc) is 2.77. The Labute approximate surface area is 97.8 Å². The van der Waals surface area contributed by atoms with Crippen molar-refractivity contribution in [3.8, 4) is 0 Å². The van der Waals surface area contributed by atoms with Crippen LogP contribution in [0.5, 0.6) is 0 Å². The van der Waals surface area contributed by atoms with E-state index in [1.807, 2.05) is 6.92 Å². The van der Waals surface area contributed by atoms with Crippen LogP contribution in [0, 0.1) is 11.8 Å². The lowest BCUT2D eigenvalue weighted by molar-refractivity contribution is -0.122. The van der Waals surface area contributed by atoms with Crippen molar-refractivity contribution >= 4 is 5.91 Å². The molecule has 2 fully saturated rings. The van der Waals surface area contributed by atoms with Crippen molar-refractivity contribution in [3.63, 3.8) is 0 Å². The molecule has 0 aromatic carbocycles. The number of likely N-dealkylation sites (tertiary alicyclic amines) is 1. The fourth-order valence-electron chi connectivity index (χ4n) is 3.29. The fourth-order valence-corrected chi connectivity index (χ4v) is 3.29. The lowest BCUT2D eigenvalue weighted by Gasteiger charge is -2.26. The van der Waals surface area contributed by atoms with E-state index < -0.39 is 0 Å². The summed E-state index contributed by atoms with van der Waals surface area (Å²) < 4.78 is 0. The molecule has 2 rings (SSSR count). The molecule has 0 spiro atoms. The summed E-state index contributed by atoms with van der Waals surface area (Å²) in [4.78, 5) is 14.0. The molecule has 0 saturated carbocycles. The molecule has 4 heteroatoms. The number of nitrogens with one attached hydrogen (secondary N) is 2. The van der Waals surface area contributed by atoms with Crippen LogP contribution in [0.25, 0.3) is 0 Å². The minimum atomic E-state index is 0.175. The molecular weight excluding hydrogens is 202 g/mol. The van der Waals surface area contributed by atoms with Crippen molar-refractivity contribution in [2.75, 3.05) is 32.7 Å². The van der Waals surface area contributed by atoms with Crippen LogP contribution >= 0.6 is 0 Å². The third kappa shape index (κ3) is 2.23. The van der Waals surface area contributed by atoms with Crippen molar-refractivity contribution < 1.29 is 4.79 Å². The number of rotatable bonds is 4. The Balaban J connectivity index is 1.92. The van der Waals surface area contributed by atoms with Gasteiger partial charge >= 0.3 is 0 Å². The first-order valence-electron chi connectivity index (χ1n) is 6.47. The first kappa shape index (κ1) is 11.9. The van der Waals surface area contributed by atoms with E-state index in [4.69, 9.17) is 0 Å². The van der Waals surface area contributed by atoms with Crippen LogP contribution in [0.3, 0.4) is 0 Å². The number of likely N-dealkylation sites (N-methyl/N-ethyl adjacent to an activating group) is 1. The Hall–Kier alpha value is -0.610. The molecule has 0 radical (unpaired) electrons. The van der Waals surface area contributed by atoms with Crippen LogP contribution in [0.15, 0.2) is 0 Å². The molecule has 0 bridgehead atoms. The van der Waals surface area contributed by atoms with Crippen LogP contribution in [-0.2, 0) is 4.79 Å². The zero-order valence-corrected chi connectivity index (χ0v) is 10.3. The van der Waals surface area contributed by atoms with Crippen LogP contribution in [-0.4, -0.2) is 49.6 Å². The summed E-state index contributed by atoms with van der Waals surface area (Å²) in [6, 6.07) is 0.600. The second-order valence-electron chi connectivity index (χ2n) is 4.94. The maximum Gasteiger partial charge on any atom is 0.234 e. The van der Waals surface area contributed by atoms with Crippen LogP contribution in [0.1, 0.15) is 20.3 Å². The molecule has 4 nitrogen and oxygen atoms in total. The summed E-state index contributed by atoms with van der Waals surface area (Å²) in [5.74, 6) is 1.70. The maximum atomic E-state index is 11.6. The van der Waals surface area contributed by atoms with Gasteiger partial charge in [0.25, 0.3) is 0 Å². The van der Waals surface area contributed by atoms with Crippen molar-refractivity contribution in [1.82, 2.24) is 15.5 Å². The zero-order chi connectivity index (χ0) is 11.5. The quantitative estimate of drug-likeness (QED) is 0.711.